The largest absolute Gasteiger partial charge is 0.466 e. The summed E-state index contributed by atoms with van der Waals surface area (Å²) >= 11 is 0. The molecule has 2 rings (SSSR count). The highest BCUT2D eigenvalue weighted by atomic mass is 16.5. The van der Waals surface area contributed by atoms with Crippen LogP contribution in [0.3, 0.4) is 0 Å². The third-order valence-corrected chi connectivity index (χ3v) is 3.69. The second-order valence-electron chi connectivity index (χ2n) is 5.18. The fourth-order valence-electron chi connectivity index (χ4n) is 2.57. The summed E-state index contributed by atoms with van der Waals surface area (Å²) in [6.07, 6.45) is 2.14. The van der Waals surface area contributed by atoms with E-state index in [0.29, 0.717) is 37.4 Å². The van der Waals surface area contributed by atoms with E-state index in [4.69, 9.17) is 4.74 Å². The summed E-state index contributed by atoms with van der Waals surface area (Å²) in [5.74, 6) is -0.578. The van der Waals surface area contributed by atoms with Gasteiger partial charge in [-0.3, -0.25) is 14.4 Å². The maximum atomic E-state index is 12.5. The Morgan fingerprint density at radius 1 is 1.36 bits per heavy atom. The number of carbonyl (C=O) groups excluding carboxylic acids is 3. The Hall–Kier alpha value is -2.37. The fraction of sp³-hybridized carbons (Fsp3) is 0.438. The number of carbonyl (C=O) groups is 3. The second-order valence-corrected chi connectivity index (χ2v) is 5.18. The van der Waals surface area contributed by atoms with Crippen molar-refractivity contribution in [1.29, 1.82) is 0 Å². The number of hydrogen-bond acceptors (Lipinski definition) is 4. The fourth-order valence-corrected chi connectivity index (χ4v) is 2.57. The van der Waals surface area contributed by atoms with Crippen molar-refractivity contribution in [2.24, 2.45) is 5.92 Å². The molecule has 0 aliphatic carbocycles. The third-order valence-electron chi connectivity index (χ3n) is 3.69. The molecule has 0 aromatic heterocycles. The Bertz CT molecular complexity index is 542. The van der Waals surface area contributed by atoms with Gasteiger partial charge in [0.1, 0.15) is 0 Å². The topological polar surface area (TPSA) is 75.7 Å². The van der Waals surface area contributed by atoms with Crippen LogP contribution in [0.2, 0.25) is 0 Å². The maximum absolute atomic E-state index is 12.5. The van der Waals surface area contributed by atoms with Gasteiger partial charge in [0.2, 0.25) is 6.41 Å². The predicted molar refractivity (Wildman–Crippen MR) is 81.4 cm³/mol. The van der Waals surface area contributed by atoms with Gasteiger partial charge in [-0.05, 0) is 44.0 Å². The minimum absolute atomic E-state index is 0.105. The van der Waals surface area contributed by atoms with E-state index >= 15 is 0 Å². The molecule has 1 fully saturated rings. The molecule has 0 bridgehead atoms. The van der Waals surface area contributed by atoms with E-state index in [1.807, 2.05) is 0 Å². The van der Waals surface area contributed by atoms with Gasteiger partial charge < -0.3 is 15.0 Å². The molecule has 1 atom stereocenters. The first-order chi connectivity index (χ1) is 10.7. The Balaban J connectivity index is 2.02. The van der Waals surface area contributed by atoms with E-state index in [-0.39, 0.29) is 17.8 Å². The van der Waals surface area contributed by atoms with E-state index < -0.39 is 0 Å². The summed E-state index contributed by atoms with van der Waals surface area (Å²) < 4.78 is 5.04. The summed E-state index contributed by atoms with van der Waals surface area (Å²) in [4.78, 5) is 36.3. The van der Waals surface area contributed by atoms with Crippen molar-refractivity contribution in [3.05, 3.63) is 29.8 Å². The molecule has 6 heteroatoms. The third kappa shape index (κ3) is 3.84. The number of ether oxygens (including phenoxy) is 1. The minimum Gasteiger partial charge on any atom is -0.466 e. The van der Waals surface area contributed by atoms with Gasteiger partial charge in [-0.25, -0.2) is 0 Å². The highest BCUT2D eigenvalue weighted by Crippen LogP contribution is 2.20. The number of likely N-dealkylation sites (tertiary alicyclic amines) is 1. The first kappa shape index (κ1) is 16.0. The molecule has 1 N–H and O–H groups in total. The summed E-state index contributed by atoms with van der Waals surface area (Å²) in [7, 11) is 0. The molecule has 6 nitrogen and oxygen atoms in total. The number of hydrogen-bond donors (Lipinski definition) is 1. The van der Waals surface area contributed by atoms with Crippen molar-refractivity contribution in [2.45, 2.75) is 19.8 Å². The monoisotopic (exact) mass is 304 g/mol. The molecule has 1 unspecified atom stereocenters. The van der Waals surface area contributed by atoms with Crippen molar-refractivity contribution < 1.29 is 19.1 Å². The second kappa shape index (κ2) is 7.59. The lowest BCUT2D eigenvalue weighted by molar-refractivity contribution is -0.149. The molecular formula is C16H20N2O4. The first-order valence-electron chi connectivity index (χ1n) is 7.42. The normalized spacial score (nSPS) is 17.7. The van der Waals surface area contributed by atoms with Gasteiger partial charge >= 0.3 is 5.97 Å². The SMILES string of the molecule is CCOC(=O)C1CCCN(C(=O)c2ccc(NC=O)cc2)C1. The van der Waals surface area contributed by atoms with Crippen molar-refractivity contribution in [2.75, 3.05) is 25.0 Å². The van der Waals surface area contributed by atoms with Crippen LogP contribution >= 0.6 is 0 Å². The van der Waals surface area contributed by atoms with Gasteiger partial charge in [0, 0.05) is 24.3 Å². The smallest absolute Gasteiger partial charge is 0.310 e. The molecule has 1 heterocycles. The summed E-state index contributed by atoms with van der Waals surface area (Å²) in [5.41, 5.74) is 1.18. The zero-order valence-corrected chi connectivity index (χ0v) is 12.6. The van der Waals surface area contributed by atoms with Crippen LogP contribution in [0.4, 0.5) is 5.69 Å². The molecule has 2 amide bonds. The van der Waals surface area contributed by atoms with Crippen molar-refractivity contribution in [3.8, 4) is 0 Å². The summed E-state index contributed by atoms with van der Waals surface area (Å²) in [5, 5.41) is 2.52. The van der Waals surface area contributed by atoms with Crippen LogP contribution in [0.15, 0.2) is 24.3 Å². The molecule has 1 aromatic carbocycles. The summed E-state index contributed by atoms with van der Waals surface area (Å²) in [6, 6.07) is 6.69. The number of anilines is 1. The molecule has 1 aliphatic rings. The number of nitrogens with one attached hydrogen (secondary N) is 1. The molecule has 1 aliphatic heterocycles. The van der Waals surface area contributed by atoms with Crippen LogP contribution in [-0.2, 0) is 14.3 Å². The van der Waals surface area contributed by atoms with Crippen LogP contribution in [0, 0.1) is 5.92 Å². The van der Waals surface area contributed by atoms with E-state index in [1.165, 1.54) is 0 Å². The predicted octanol–water partition coefficient (Wildman–Crippen LogP) is 1.67. The molecule has 118 valence electrons. The maximum Gasteiger partial charge on any atom is 0.310 e. The standard InChI is InChI=1S/C16H20N2O4/c1-2-22-16(21)13-4-3-9-18(10-13)15(20)12-5-7-14(8-6-12)17-11-19/h5-8,11,13H,2-4,9-10H2,1H3,(H,17,19). The van der Waals surface area contributed by atoms with Gasteiger partial charge in [-0.1, -0.05) is 0 Å². The molecule has 1 aromatic rings. The Labute approximate surface area is 129 Å². The van der Waals surface area contributed by atoms with E-state index in [1.54, 1.807) is 36.1 Å². The van der Waals surface area contributed by atoms with E-state index in [2.05, 4.69) is 5.32 Å². The van der Waals surface area contributed by atoms with E-state index in [9.17, 15) is 14.4 Å². The Morgan fingerprint density at radius 2 is 2.09 bits per heavy atom. The molecule has 0 saturated carbocycles. The highest BCUT2D eigenvalue weighted by Gasteiger charge is 2.29. The first-order valence-corrected chi connectivity index (χ1v) is 7.42. The van der Waals surface area contributed by atoms with Crippen LogP contribution in [0.5, 0.6) is 0 Å². The Kier molecular flexibility index (Phi) is 5.52. The number of esters is 1. The lowest BCUT2D eigenvalue weighted by Crippen LogP contribution is -2.42. The minimum atomic E-state index is -0.242. The number of benzene rings is 1. The number of nitrogens with zero attached hydrogens (tertiary/aromatic N) is 1. The molecule has 1 saturated heterocycles. The van der Waals surface area contributed by atoms with Crippen LogP contribution in [0.25, 0.3) is 0 Å². The number of piperidine rings is 1. The van der Waals surface area contributed by atoms with Crippen LogP contribution in [-0.4, -0.2) is 42.9 Å². The highest BCUT2D eigenvalue weighted by molar-refractivity contribution is 5.95. The average Bonchev–Trinajstić information content (AvgIpc) is 2.55. The van der Waals surface area contributed by atoms with Crippen molar-refractivity contribution in [1.82, 2.24) is 4.90 Å². The number of rotatable bonds is 5. The number of amides is 2. The van der Waals surface area contributed by atoms with Gasteiger partial charge in [0.05, 0.1) is 12.5 Å². The van der Waals surface area contributed by atoms with Gasteiger partial charge in [-0.2, -0.15) is 0 Å². The van der Waals surface area contributed by atoms with Gasteiger partial charge in [0.15, 0.2) is 0 Å². The lowest BCUT2D eigenvalue weighted by atomic mass is 9.97. The average molecular weight is 304 g/mol. The van der Waals surface area contributed by atoms with Crippen molar-refractivity contribution >= 4 is 24.0 Å². The van der Waals surface area contributed by atoms with Gasteiger partial charge in [-0.15, -0.1) is 0 Å². The molecule has 0 spiro atoms. The van der Waals surface area contributed by atoms with Gasteiger partial charge in [0.25, 0.3) is 5.91 Å². The van der Waals surface area contributed by atoms with Crippen LogP contribution in [0.1, 0.15) is 30.1 Å². The zero-order valence-electron chi connectivity index (χ0n) is 12.6. The van der Waals surface area contributed by atoms with Crippen molar-refractivity contribution in [3.63, 3.8) is 0 Å². The quantitative estimate of drug-likeness (QED) is 0.663. The Morgan fingerprint density at radius 3 is 2.73 bits per heavy atom. The molecule has 0 radical (unpaired) electrons. The lowest BCUT2D eigenvalue weighted by Gasteiger charge is -2.31. The van der Waals surface area contributed by atoms with E-state index in [0.717, 1.165) is 12.8 Å². The zero-order chi connectivity index (χ0) is 15.9. The summed E-state index contributed by atoms with van der Waals surface area (Å²) in [6.45, 7) is 3.17. The molecular weight excluding hydrogens is 284 g/mol. The molecule has 22 heavy (non-hydrogen) atoms. The van der Waals surface area contributed by atoms with Crippen LogP contribution < -0.4 is 5.32 Å².